The Bertz CT molecular complexity index is 374. The van der Waals surface area contributed by atoms with Crippen molar-refractivity contribution in [2.24, 2.45) is 0 Å². The molecule has 78 valence electrons. The second-order valence-electron chi connectivity index (χ2n) is 3.40. The minimum atomic E-state index is 0.927. The molecule has 0 N–H and O–H groups in total. The first kappa shape index (κ1) is 11.3. The number of hydrogen-bond acceptors (Lipinski definition) is 1. The molecule has 0 heterocycles. The molecule has 0 unspecified atom stereocenters. The average Bonchev–Trinajstić information content (AvgIpc) is 2.19. The van der Waals surface area contributed by atoms with Gasteiger partial charge in [-0.25, -0.2) is 0 Å². The summed E-state index contributed by atoms with van der Waals surface area (Å²) >= 11 is 0. The molecule has 1 nitrogen and oxygen atoms in total. The van der Waals surface area contributed by atoms with Gasteiger partial charge in [0.2, 0.25) is 0 Å². The van der Waals surface area contributed by atoms with Gasteiger partial charge in [-0.05, 0) is 32.1 Å². The number of rotatable bonds is 4. The summed E-state index contributed by atoms with van der Waals surface area (Å²) in [6.45, 7) is 11.9. The van der Waals surface area contributed by atoms with Gasteiger partial charge in [0.1, 0.15) is 0 Å². The first-order valence-electron chi connectivity index (χ1n) is 4.99. The maximum absolute atomic E-state index is 4.02. The normalized spacial score (nSPS) is 10.3. The minimum Gasteiger partial charge on any atom is -0.316 e. The van der Waals surface area contributed by atoms with Crippen LogP contribution in [-0.4, -0.2) is 0 Å². The molecule has 1 rings (SSSR count). The van der Waals surface area contributed by atoms with E-state index >= 15 is 0 Å². The smallest absolute Gasteiger partial charge is 0.0457 e. The van der Waals surface area contributed by atoms with Gasteiger partial charge in [-0.1, -0.05) is 37.4 Å². The van der Waals surface area contributed by atoms with Crippen LogP contribution in [-0.2, 0) is 0 Å². The third kappa shape index (κ3) is 2.84. The van der Waals surface area contributed by atoms with Gasteiger partial charge >= 0.3 is 0 Å². The van der Waals surface area contributed by atoms with Crippen LogP contribution in [0.2, 0.25) is 0 Å². The molecule has 0 saturated heterocycles. The maximum atomic E-state index is 4.02. The molecular formula is C14H17N. The van der Waals surface area contributed by atoms with Crippen LogP contribution in [0.25, 0.3) is 0 Å². The number of nitrogens with zero attached hydrogens (tertiary/aromatic N) is 1. The fraction of sp³-hybridized carbons (Fsp3) is 0.143. The molecule has 0 spiro atoms. The highest BCUT2D eigenvalue weighted by molar-refractivity contribution is 5.58. The Labute approximate surface area is 92.0 Å². The Balaban J connectivity index is 3.04. The monoisotopic (exact) mass is 199 g/mol. The Kier molecular flexibility index (Phi) is 3.92. The molecule has 0 aliphatic heterocycles. The fourth-order valence-corrected chi connectivity index (χ4v) is 1.48. The standard InChI is InChI=1S/C14H17N/c1-5-9-13(4)15(12(2)3)14-10-7-6-8-11-14/h5-11H,2,4H2,1,3H3/b9-5-. The van der Waals surface area contributed by atoms with Crippen LogP contribution in [0.15, 0.2) is 67.0 Å². The van der Waals surface area contributed by atoms with E-state index in [1.807, 2.05) is 61.2 Å². The van der Waals surface area contributed by atoms with Gasteiger partial charge in [0.15, 0.2) is 0 Å². The van der Waals surface area contributed by atoms with E-state index in [4.69, 9.17) is 0 Å². The van der Waals surface area contributed by atoms with Gasteiger partial charge in [-0.3, -0.25) is 0 Å². The maximum Gasteiger partial charge on any atom is 0.0457 e. The van der Waals surface area contributed by atoms with Crippen molar-refractivity contribution in [1.29, 1.82) is 0 Å². The van der Waals surface area contributed by atoms with Gasteiger partial charge in [0, 0.05) is 17.1 Å². The summed E-state index contributed by atoms with van der Waals surface area (Å²) in [5.41, 5.74) is 2.98. The molecule has 0 aliphatic carbocycles. The molecule has 0 atom stereocenters. The second kappa shape index (κ2) is 5.20. The Morgan fingerprint density at radius 3 is 2.27 bits per heavy atom. The molecule has 0 aromatic heterocycles. The molecule has 0 radical (unpaired) electrons. The summed E-state index contributed by atoms with van der Waals surface area (Å²) in [5, 5.41) is 0. The molecule has 15 heavy (non-hydrogen) atoms. The molecule has 0 fully saturated rings. The minimum absolute atomic E-state index is 0.927. The first-order chi connectivity index (χ1) is 7.16. The molecule has 0 aliphatic rings. The van der Waals surface area contributed by atoms with E-state index in [0.717, 1.165) is 17.1 Å². The summed E-state index contributed by atoms with van der Waals surface area (Å²) in [4.78, 5) is 2.03. The van der Waals surface area contributed by atoms with Gasteiger partial charge in [0.25, 0.3) is 0 Å². The summed E-state index contributed by atoms with van der Waals surface area (Å²) < 4.78 is 0. The van der Waals surface area contributed by atoms with Crippen molar-refractivity contribution in [2.75, 3.05) is 4.90 Å². The van der Waals surface area contributed by atoms with Crippen molar-refractivity contribution in [2.45, 2.75) is 13.8 Å². The number of hydrogen-bond donors (Lipinski definition) is 0. The number of para-hydroxylation sites is 1. The van der Waals surface area contributed by atoms with Crippen LogP contribution in [0.3, 0.4) is 0 Å². The van der Waals surface area contributed by atoms with Crippen molar-refractivity contribution >= 4 is 5.69 Å². The SMILES string of the molecule is C=C(C)N(C(=C)/C=C\C)c1ccccc1. The van der Waals surface area contributed by atoms with E-state index in [-0.39, 0.29) is 0 Å². The summed E-state index contributed by atoms with van der Waals surface area (Å²) in [5.74, 6) is 0. The lowest BCUT2D eigenvalue weighted by Crippen LogP contribution is -2.17. The second-order valence-corrected chi connectivity index (χ2v) is 3.40. The van der Waals surface area contributed by atoms with Crippen molar-refractivity contribution in [3.05, 3.63) is 67.0 Å². The molecular weight excluding hydrogens is 182 g/mol. The molecule has 1 heteroatoms. The van der Waals surface area contributed by atoms with Gasteiger partial charge in [-0.2, -0.15) is 0 Å². The van der Waals surface area contributed by atoms with E-state index in [2.05, 4.69) is 13.2 Å². The Morgan fingerprint density at radius 1 is 1.20 bits per heavy atom. The van der Waals surface area contributed by atoms with Gasteiger partial charge in [0.05, 0.1) is 0 Å². The van der Waals surface area contributed by atoms with E-state index in [9.17, 15) is 0 Å². The molecule has 1 aromatic rings. The van der Waals surface area contributed by atoms with Crippen LogP contribution in [0.5, 0.6) is 0 Å². The number of allylic oxidation sites excluding steroid dienone is 3. The van der Waals surface area contributed by atoms with E-state index in [0.29, 0.717) is 0 Å². The van der Waals surface area contributed by atoms with Crippen molar-refractivity contribution < 1.29 is 0 Å². The average molecular weight is 199 g/mol. The lowest BCUT2D eigenvalue weighted by molar-refractivity contribution is 1.11. The predicted molar refractivity (Wildman–Crippen MR) is 67.7 cm³/mol. The zero-order valence-electron chi connectivity index (χ0n) is 9.40. The summed E-state index contributed by atoms with van der Waals surface area (Å²) in [6.07, 6.45) is 3.95. The zero-order chi connectivity index (χ0) is 11.3. The van der Waals surface area contributed by atoms with Crippen LogP contribution in [0.4, 0.5) is 5.69 Å². The van der Waals surface area contributed by atoms with E-state index in [1.165, 1.54) is 0 Å². The zero-order valence-corrected chi connectivity index (χ0v) is 9.40. The summed E-state index contributed by atoms with van der Waals surface area (Å²) in [6, 6.07) is 10.1. The van der Waals surface area contributed by atoms with Gasteiger partial charge < -0.3 is 4.90 Å². The molecule has 0 bridgehead atoms. The highest BCUT2D eigenvalue weighted by atomic mass is 15.1. The first-order valence-corrected chi connectivity index (χ1v) is 4.99. The third-order valence-corrected chi connectivity index (χ3v) is 2.04. The van der Waals surface area contributed by atoms with Gasteiger partial charge in [-0.15, -0.1) is 0 Å². The molecule has 1 aromatic carbocycles. The number of benzene rings is 1. The largest absolute Gasteiger partial charge is 0.316 e. The highest BCUT2D eigenvalue weighted by Gasteiger charge is 2.07. The van der Waals surface area contributed by atoms with Crippen LogP contribution < -0.4 is 4.90 Å². The fourth-order valence-electron chi connectivity index (χ4n) is 1.48. The molecule has 0 saturated carbocycles. The Hall–Kier alpha value is -1.76. The number of anilines is 1. The third-order valence-electron chi connectivity index (χ3n) is 2.04. The van der Waals surface area contributed by atoms with Crippen LogP contribution >= 0.6 is 0 Å². The molecule has 0 amide bonds. The van der Waals surface area contributed by atoms with Crippen molar-refractivity contribution in [3.8, 4) is 0 Å². The van der Waals surface area contributed by atoms with Crippen LogP contribution in [0, 0.1) is 0 Å². The lowest BCUT2D eigenvalue weighted by atomic mass is 10.2. The lowest BCUT2D eigenvalue weighted by Gasteiger charge is -2.25. The topological polar surface area (TPSA) is 3.24 Å². The predicted octanol–water partition coefficient (Wildman–Crippen LogP) is 4.12. The van der Waals surface area contributed by atoms with E-state index < -0.39 is 0 Å². The van der Waals surface area contributed by atoms with Crippen molar-refractivity contribution in [3.63, 3.8) is 0 Å². The van der Waals surface area contributed by atoms with Crippen LogP contribution in [0.1, 0.15) is 13.8 Å². The van der Waals surface area contributed by atoms with Crippen molar-refractivity contribution in [1.82, 2.24) is 0 Å². The van der Waals surface area contributed by atoms with E-state index in [1.54, 1.807) is 0 Å². The summed E-state index contributed by atoms with van der Waals surface area (Å²) in [7, 11) is 0. The Morgan fingerprint density at radius 2 is 1.80 bits per heavy atom. The highest BCUT2D eigenvalue weighted by Crippen LogP contribution is 2.22. The quantitative estimate of drug-likeness (QED) is 0.659.